The number of hydrogen-bond acceptors (Lipinski definition) is 2. The van der Waals surface area contributed by atoms with E-state index in [1.807, 2.05) is 6.07 Å². The smallest absolute Gasteiger partial charge is 0.286 e. The number of halogens is 3. The van der Waals surface area contributed by atoms with Crippen molar-refractivity contribution in [3.05, 3.63) is 18.0 Å². The first-order valence-electron chi connectivity index (χ1n) is 5.11. The molecule has 1 aromatic rings. The van der Waals surface area contributed by atoms with Gasteiger partial charge in [0, 0.05) is 25.0 Å². The highest BCUT2D eigenvalue weighted by atomic mass is 35.6. The zero-order valence-corrected chi connectivity index (χ0v) is 10.8. The second-order valence-electron chi connectivity index (χ2n) is 3.97. The van der Waals surface area contributed by atoms with Gasteiger partial charge in [0.05, 0.1) is 5.69 Å². The summed E-state index contributed by atoms with van der Waals surface area (Å²) in [6, 6.07) is 1.85. The third-order valence-electron chi connectivity index (χ3n) is 2.83. The first-order chi connectivity index (χ1) is 7.47. The van der Waals surface area contributed by atoms with E-state index in [0.29, 0.717) is 24.5 Å². The molecule has 0 atom stereocenters. The molecule has 0 N–H and O–H groups in total. The molecule has 0 unspecified atom stereocenters. The Hall–Kier alpha value is -0.250. The molecule has 1 fully saturated rings. The second kappa shape index (κ2) is 4.55. The maximum absolute atomic E-state index is 11.1. The summed E-state index contributed by atoms with van der Waals surface area (Å²) in [5.74, 6) is 0.642. The lowest BCUT2D eigenvalue weighted by atomic mass is 9.86. The first-order valence-corrected chi connectivity index (χ1v) is 6.24. The number of aromatic nitrogens is 2. The maximum Gasteiger partial charge on any atom is 0.286 e. The van der Waals surface area contributed by atoms with Crippen LogP contribution >= 0.6 is 34.8 Å². The molecule has 0 saturated heterocycles. The van der Waals surface area contributed by atoms with Crippen LogP contribution < -0.4 is 0 Å². The third kappa shape index (κ3) is 2.70. The molecule has 1 heterocycles. The number of Topliss-reactive ketones (excluding diaryl/α,β-unsaturated/α-hetero) is 1. The number of nitrogens with zero attached hydrogens (tertiary/aromatic N) is 2. The normalized spacial score (nSPS) is 19.1. The average molecular weight is 282 g/mol. The summed E-state index contributed by atoms with van der Waals surface area (Å²) in [7, 11) is 0. The quantitative estimate of drug-likeness (QED) is 0.740. The van der Waals surface area contributed by atoms with E-state index in [4.69, 9.17) is 34.8 Å². The second-order valence-corrected chi connectivity index (χ2v) is 6.19. The molecule has 1 aliphatic rings. The summed E-state index contributed by atoms with van der Waals surface area (Å²) >= 11 is 17.1. The van der Waals surface area contributed by atoms with Crippen molar-refractivity contribution in [3.8, 4) is 0 Å². The minimum Gasteiger partial charge on any atom is -0.300 e. The van der Waals surface area contributed by atoms with Gasteiger partial charge in [-0.1, -0.05) is 34.8 Å². The molecule has 1 saturated carbocycles. The Morgan fingerprint density at radius 3 is 2.44 bits per heavy atom. The summed E-state index contributed by atoms with van der Waals surface area (Å²) in [5, 5.41) is 4.24. The molecule has 0 bridgehead atoms. The van der Waals surface area contributed by atoms with Crippen molar-refractivity contribution >= 4 is 40.6 Å². The number of carbonyl (C=O) groups excluding carboxylic acids is 1. The zero-order chi connectivity index (χ0) is 11.8. The summed E-state index contributed by atoms with van der Waals surface area (Å²) in [4.78, 5) is 11.1. The van der Waals surface area contributed by atoms with E-state index in [-0.39, 0.29) is 0 Å². The van der Waals surface area contributed by atoms with Crippen molar-refractivity contribution in [1.29, 1.82) is 0 Å². The molecule has 0 aliphatic heterocycles. The molecule has 2 rings (SSSR count). The van der Waals surface area contributed by atoms with E-state index in [0.717, 1.165) is 18.5 Å². The predicted molar refractivity (Wildman–Crippen MR) is 64.0 cm³/mol. The van der Waals surface area contributed by atoms with Gasteiger partial charge >= 0.3 is 0 Å². The van der Waals surface area contributed by atoms with Gasteiger partial charge in [0.1, 0.15) is 5.78 Å². The molecule has 1 aromatic heterocycles. The van der Waals surface area contributed by atoms with Crippen LogP contribution in [0.3, 0.4) is 0 Å². The summed E-state index contributed by atoms with van der Waals surface area (Å²) < 4.78 is -0.230. The van der Waals surface area contributed by atoms with Gasteiger partial charge in [-0.05, 0) is 18.9 Å². The van der Waals surface area contributed by atoms with Gasteiger partial charge in [-0.2, -0.15) is 5.10 Å². The maximum atomic E-state index is 11.1. The highest BCUT2D eigenvalue weighted by Crippen LogP contribution is 2.34. The van der Waals surface area contributed by atoms with E-state index in [1.54, 1.807) is 6.20 Å². The van der Waals surface area contributed by atoms with Crippen LogP contribution in [0.15, 0.2) is 12.3 Å². The number of rotatable bonds is 1. The molecular weight excluding hydrogens is 270 g/mol. The van der Waals surface area contributed by atoms with Crippen LogP contribution in [0.25, 0.3) is 0 Å². The predicted octanol–water partition coefficient (Wildman–Crippen LogP) is 3.39. The Morgan fingerprint density at radius 1 is 1.31 bits per heavy atom. The first kappa shape index (κ1) is 12.2. The zero-order valence-electron chi connectivity index (χ0n) is 8.50. The van der Waals surface area contributed by atoms with E-state index in [1.165, 1.54) is 4.68 Å². The topological polar surface area (TPSA) is 34.9 Å². The fourth-order valence-electron chi connectivity index (χ4n) is 1.93. The number of hydrogen-bond donors (Lipinski definition) is 0. The Kier molecular flexibility index (Phi) is 3.48. The molecular formula is C10H11Cl3N2O. The third-order valence-corrected chi connectivity index (χ3v) is 3.35. The number of carbonyl (C=O) groups is 1. The fourth-order valence-corrected chi connectivity index (χ4v) is 2.21. The Morgan fingerprint density at radius 2 is 1.94 bits per heavy atom. The largest absolute Gasteiger partial charge is 0.300 e. The van der Waals surface area contributed by atoms with Crippen molar-refractivity contribution in [2.45, 2.75) is 35.5 Å². The van der Waals surface area contributed by atoms with E-state index >= 15 is 0 Å². The van der Waals surface area contributed by atoms with Crippen LogP contribution in [-0.2, 0) is 8.71 Å². The van der Waals surface area contributed by atoms with Crippen molar-refractivity contribution in [2.75, 3.05) is 0 Å². The lowest BCUT2D eigenvalue weighted by Gasteiger charge is -2.19. The van der Waals surface area contributed by atoms with Crippen LogP contribution in [0.1, 0.15) is 37.3 Å². The molecule has 0 amide bonds. The Labute approximate surface area is 109 Å². The molecule has 1 aliphatic carbocycles. The van der Waals surface area contributed by atoms with Crippen LogP contribution in [-0.4, -0.2) is 15.6 Å². The van der Waals surface area contributed by atoms with Gasteiger partial charge in [0.15, 0.2) is 0 Å². The minimum atomic E-state index is -1.54. The van der Waals surface area contributed by atoms with Gasteiger partial charge in [-0.15, -0.1) is 0 Å². The van der Waals surface area contributed by atoms with Crippen molar-refractivity contribution in [1.82, 2.24) is 9.78 Å². The summed E-state index contributed by atoms with van der Waals surface area (Å²) in [6.07, 6.45) is 4.60. The van der Waals surface area contributed by atoms with E-state index in [2.05, 4.69) is 5.10 Å². The SMILES string of the molecule is O=C1CCC(c2ccn(C(Cl)(Cl)Cl)n2)CC1. The van der Waals surface area contributed by atoms with Crippen LogP contribution in [0.2, 0.25) is 0 Å². The molecule has 0 radical (unpaired) electrons. The number of ketones is 1. The Balaban J connectivity index is 2.10. The van der Waals surface area contributed by atoms with Crippen molar-refractivity contribution in [3.63, 3.8) is 0 Å². The standard InChI is InChI=1S/C10H11Cl3N2O/c11-10(12,13)15-6-5-9(14-15)7-1-3-8(16)4-2-7/h5-7H,1-4H2. The van der Waals surface area contributed by atoms with Gasteiger partial charge in [-0.25, -0.2) is 4.68 Å². The van der Waals surface area contributed by atoms with Gasteiger partial charge < -0.3 is 0 Å². The molecule has 0 spiro atoms. The molecule has 0 aromatic carbocycles. The van der Waals surface area contributed by atoms with Gasteiger partial charge in [-0.3, -0.25) is 4.79 Å². The lowest BCUT2D eigenvalue weighted by molar-refractivity contribution is -0.120. The van der Waals surface area contributed by atoms with Crippen LogP contribution in [0.5, 0.6) is 0 Å². The monoisotopic (exact) mass is 280 g/mol. The highest BCUT2D eigenvalue weighted by Gasteiger charge is 2.26. The summed E-state index contributed by atoms with van der Waals surface area (Å²) in [6.45, 7) is 0. The molecule has 88 valence electrons. The molecule has 3 nitrogen and oxygen atoms in total. The van der Waals surface area contributed by atoms with Crippen molar-refractivity contribution < 1.29 is 4.79 Å². The summed E-state index contributed by atoms with van der Waals surface area (Å²) in [5.41, 5.74) is 0.902. The molecule has 16 heavy (non-hydrogen) atoms. The van der Waals surface area contributed by atoms with E-state index in [9.17, 15) is 4.79 Å². The van der Waals surface area contributed by atoms with Gasteiger partial charge in [0.25, 0.3) is 3.92 Å². The van der Waals surface area contributed by atoms with E-state index < -0.39 is 3.92 Å². The Bertz CT molecular complexity index is 387. The average Bonchev–Trinajstić information content (AvgIpc) is 2.67. The van der Waals surface area contributed by atoms with Crippen LogP contribution in [0.4, 0.5) is 0 Å². The highest BCUT2D eigenvalue weighted by molar-refractivity contribution is 6.64. The van der Waals surface area contributed by atoms with Crippen LogP contribution in [0, 0.1) is 0 Å². The number of alkyl halides is 3. The lowest BCUT2D eigenvalue weighted by Crippen LogP contribution is -2.16. The van der Waals surface area contributed by atoms with Crippen molar-refractivity contribution in [2.24, 2.45) is 0 Å². The molecule has 6 heteroatoms. The minimum absolute atomic E-state index is 0.311. The fraction of sp³-hybridized carbons (Fsp3) is 0.600. The van der Waals surface area contributed by atoms with Gasteiger partial charge in [0.2, 0.25) is 0 Å².